The summed E-state index contributed by atoms with van der Waals surface area (Å²) in [7, 11) is 0. The second-order valence-corrected chi connectivity index (χ2v) is 7.15. The number of carbonyl (C=O) groups excluding carboxylic acids is 2. The lowest BCUT2D eigenvalue weighted by Crippen LogP contribution is -2.45. The van der Waals surface area contributed by atoms with Gasteiger partial charge in [0.05, 0.1) is 6.61 Å². The summed E-state index contributed by atoms with van der Waals surface area (Å²) in [4.78, 5) is 23.6. The zero-order chi connectivity index (χ0) is 17.8. The van der Waals surface area contributed by atoms with Crippen LogP contribution in [0.4, 0.5) is 0 Å². The number of esters is 2. The summed E-state index contributed by atoms with van der Waals surface area (Å²) in [6, 6.07) is 14.4. The molecular weight excluding hydrogens is 340 g/mol. The maximum absolute atomic E-state index is 11.3. The standard InChI is InChI=1S/C19H20O5S/c1-12(20)23-17-10-19(22-11-18(17)24-13(2)21)25-16-8-7-14-5-3-4-6-15(14)9-16/h3-9,17-19H,10-11H2,1-2H3/t17-,18-,19?/m1/s1. The molecule has 6 heteroatoms. The number of fused-ring (bicyclic) bond motifs is 1. The number of ether oxygens (including phenoxy) is 3. The minimum absolute atomic E-state index is 0.169. The first-order valence-electron chi connectivity index (χ1n) is 8.13. The number of benzene rings is 2. The van der Waals surface area contributed by atoms with E-state index in [1.54, 1.807) is 11.8 Å². The normalized spacial score (nSPS) is 23.2. The molecule has 1 saturated heterocycles. The average molecular weight is 360 g/mol. The van der Waals surface area contributed by atoms with E-state index in [0.29, 0.717) is 6.42 Å². The van der Waals surface area contributed by atoms with Crippen molar-refractivity contribution in [2.75, 3.05) is 6.61 Å². The van der Waals surface area contributed by atoms with E-state index in [-0.39, 0.29) is 12.0 Å². The number of thioether (sulfide) groups is 1. The maximum atomic E-state index is 11.3. The number of hydrogen-bond donors (Lipinski definition) is 0. The van der Waals surface area contributed by atoms with Gasteiger partial charge in [0.25, 0.3) is 0 Å². The molecule has 0 amide bonds. The van der Waals surface area contributed by atoms with Gasteiger partial charge in [-0.25, -0.2) is 0 Å². The monoisotopic (exact) mass is 360 g/mol. The minimum Gasteiger partial charge on any atom is -0.458 e. The van der Waals surface area contributed by atoms with Crippen LogP contribution in [0.15, 0.2) is 47.4 Å². The molecule has 3 rings (SSSR count). The molecule has 2 aromatic rings. The van der Waals surface area contributed by atoms with E-state index in [0.717, 1.165) is 10.3 Å². The lowest BCUT2D eigenvalue weighted by atomic mass is 10.1. The molecule has 0 N–H and O–H groups in total. The van der Waals surface area contributed by atoms with Gasteiger partial charge in [0.2, 0.25) is 0 Å². The van der Waals surface area contributed by atoms with Crippen molar-refractivity contribution in [2.24, 2.45) is 0 Å². The fourth-order valence-electron chi connectivity index (χ4n) is 2.85. The Bertz CT molecular complexity index is 775. The van der Waals surface area contributed by atoms with Crippen molar-refractivity contribution in [3.05, 3.63) is 42.5 Å². The third-order valence-electron chi connectivity index (χ3n) is 3.91. The summed E-state index contributed by atoms with van der Waals surface area (Å²) in [5.74, 6) is -0.801. The zero-order valence-electron chi connectivity index (χ0n) is 14.1. The summed E-state index contributed by atoms with van der Waals surface area (Å²) >= 11 is 1.58. The Hall–Kier alpha value is -2.05. The molecule has 1 unspecified atom stereocenters. The van der Waals surface area contributed by atoms with Crippen molar-refractivity contribution in [3.8, 4) is 0 Å². The van der Waals surface area contributed by atoms with Gasteiger partial charge in [-0.15, -0.1) is 0 Å². The first-order valence-corrected chi connectivity index (χ1v) is 9.01. The van der Waals surface area contributed by atoms with Crippen LogP contribution in [0.1, 0.15) is 20.3 Å². The van der Waals surface area contributed by atoms with Crippen LogP contribution >= 0.6 is 11.8 Å². The molecule has 1 fully saturated rings. The summed E-state index contributed by atoms with van der Waals surface area (Å²) in [6.45, 7) is 2.90. The number of rotatable bonds is 4. The highest BCUT2D eigenvalue weighted by Gasteiger charge is 2.36. The van der Waals surface area contributed by atoms with Gasteiger partial charge in [0.1, 0.15) is 11.5 Å². The summed E-state index contributed by atoms with van der Waals surface area (Å²) in [5, 5.41) is 2.35. The summed E-state index contributed by atoms with van der Waals surface area (Å²) in [5.41, 5.74) is -0.169. The SMILES string of the molecule is CC(=O)O[C@@H]1COC(Sc2ccc3ccccc3c2)C[C@H]1OC(C)=O. The van der Waals surface area contributed by atoms with Gasteiger partial charge in [-0.2, -0.15) is 0 Å². The first-order chi connectivity index (χ1) is 12.0. The molecule has 1 heterocycles. The highest BCUT2D eigenvalue weighted by atomic mass is 32.2. The quantitative estimate of drug-likeness (QED) is 0.777. The molecule has 1 aliphatic rings. The van der Waals surface area contributed by atoms with E-state index in [4.69, 9.17) is 14.2 Å². The average Bonchev–Trinajstić information content (AvgIpc) is 2.56. The van der Waals surface area contributed by atoms with Gasteiger partial charge in [-0.3, -0.25) is 9.59 Å². The molecule has 0 saturated carbocycles. The van der Waals surface area contributed by atoms with Crippen LogP contribution in [0.25, 0.3) is 10.8 Å². The van der Waals surface area contributed by atoms with Gasteiger partial charge in [0.15, 0.2) is 6.10 Å². The second-order valence-electron chi connectivity index (χ2n) is 5.92. The molecule has 0 radical (unpaired) electrons. The molecule has 5 nitrogen and oxygen atoms in total. The molecule has 0 bridgehead atoms. The lowest BCUT2D eigenvalue weighted by Gasteiger charge is -2.34. The molecule has 2 aromatic carbocycles. The summed E-state index contributed by atoms with van der Waals surface area (Å²) in [6.07, 6.45) is -0.586. The molecule has 0 spiro atoms. The molecule has 0 aromatic heterocycles. The van der Waals surface area contributed by atoms with Gasteiger partial charge in [0, 0.05) is 25.2 Å². The van der Waals surface area contributed by atoms with E-state index >= 15 is 0 Å². The van der Waals surface area contributed by atoms with Gasteiger partial charge in [-0.1, -0.05) is 42.1 Å². The van der Waals surface area contributed by atoms with Crippen molar-refractivity contribution in [1.29, 1.82) is 0 Å². The van der Waals surface area contributed by atoms with Crippen molar-refractivity contribution in [1.82, 2.24) is 0 Å². The highest BCUT2D eigenvalue weighted by molar-refractivity contribution is 7.99. The Morgan fingerprint density at radius 1 is 1.00 bits per heavy atom. The topological polar surface area (TPSA) is 61.8 Å². The smallest absolute Gasteiger partial charge is 0.303 e. The predicted molar refractivity (Wildman–Crippen MR) is 95.3 cm³/mol. The van der Waals surface area contributed by atoms with E-state index in [1.807, 2.05) is 12.1 Å². The molecular formula is C19H20O5S. The third kappa shape index (κ3) is 4.74. The van der Waals surface area contributed by atoms with Gasteiger partial charge in [-0.05, 0) is 22.9 Å². The fourth-order valence-corrected chi connectivity index (χ4v) is 3.93. The Balaban J connectivity index is 1.69. The van der Waals surface area contributed by atoms with E-state index < -0.39 is 24.1 Å². The van der Waals surface area contributed by atoms with Crippen LogP contribution in [-0.4, -0.2) is 36.2 Å². The van der Waals surface area contributed by atoms with Crippen molar-refractivity contribution < 1.29 is 23.8 Å². The van der Waals surface area contributed by atoms with Gasteiger partial charge < -0.3 is 14.2 Å². The van der Waals surface area contributed by atoms with Crippen LogP contribution in [0.2, 0.25) is 0 Å². The molecule has 1 aliphatic heterocycles. The zero-order valence-corrected chi connectivity index (χ0v) is 15.0. The van der Waals surface area contributed by atoms with E-state index in [1.165, 1.54) is 19.2 Å². The Kier molecular flexibility index (Phi) is 5.60. The summed E-state index contributed by atoms with van der Waals surface area (Å²) < 4.78 is 16.4. The Morgan fingerprint density at radius 2 is 1.68 bits per heavy atom. The minimum atomic E-state index is -0.560. The molecule has 132 valence electrons. The Morgan fingerprint density at radius 3 is 2.40 bits per heavy atom. The van der Waals surface area contributed by atoms with Crippen LogP contribution in [0.5, 0.6) is 0 Å². The molecule has 0 aliphatic carbocycles. The van der Waals surface area contributed by atoms with E-state index in [2.05, 4.69) is 30.3 Å². The molecule has 25 heavy (non-hydrogen) atoms. The third-order valence-corrected chi connectivity index (χ3v) is 5.03. The second kappa shape index (κ2) is 7.89. The number of carbonyl (C=O) groups is 2. The van der Waals surface area contributed by atoms with Gasteiger partial charge >= 0.3 is 11.9 Å². The van der Waals surface area contributed by atoms with Crippen molar-refractivity contribution >= 4 is 34.5 Å². The largest absolute Gasteiger partial charge is 0.458 e. The highest BCUT2D eigenvalue weighted by Crippen LogP contribution is 2.33. The van der Waals surface area contributed by atoms with Crippen molar-refractivity contribution in [2.45, 2.75) is 42.8 Å². The van der Waals surface area contributed by atoms with Crippen LogP contribution in [-0.2, 0) is 23.8 Å². The van der Waals surface area contributed by atoms with Crippen molar-refractivity contribution in [3.63, 3.8) is 0 Å². The predicted octanol–water partition coefficient (Wildman–Crippen LogP) is 3.54. The Labute approximate surface area is 150 Å². The van der Waals surface area contributed by atoms with E-state index in [9.17, 15) is 9.59 Å². The van der Waals surface area contributed by atoms with Crippen LogP contribution in [0.3, 0.4) is 0 Å². The van der Waals surface area contributed by atoms with Crippen LogP contribution < -0.4 is 0 Å². The lowest BCUT2D eigenvalue weighted by molar-refractivity contribution is -0.181. The number of hydrogen-bond acceptors (Lipinski definition) is 6. The van der Waals surface area contributed by atoms with Crippen LogP contribution in [0, 0.1) is 0 Å². The first kappa shape index (κ1) is 17.8. The molecule has 3 atom stereocenters. The maximum Gasteiger partial charge on any atom is 0.303 e. The fraction of sp³-hybridized carbons (Fsp3) is 0.368.